The van der Waals surface area contributed by atoms with Crippen molar-refractivity contribution < 1.29 is 13.2 Å². The highest BCUT2D eigenvalue weighted by Crippen LogP contribution is 2.39. The molecule has 1 aromatic carbocycles. The van der Waals surface area contributed by atoms with Crippen LogP contribution in [0.25, 0.3) is 0 Å². The quantitative estimate of drug-likeness (QED) is 0.687. The Bertz CT molecular complexity index is 1110. The predicted molar refractivity (Wildman–Crippen MR) is 116 cm³/mol. The number of anilines is 1. The molecule has 0 spiro atoms. The molecule has 1 aliphatic heterocycles. The topological polar surface area (TPSA) is 90.3 Å². The third-order valence-electron chi connectivity index (χ3n) is 5.39. The first kappa shape index (κ1) is 20.5. The van der Waals surface area contributed by atoms with Gasteiger partial charge in [-0.3, -0.25) is 4.79 Å². The molecule has 2 aromatic rings. The monoisotopic (exact) mass is 493 g/mol. The number of thiophene rings is 1. The second kappa shape index (κ2) is 8.19. The molecule has 29 heavy (non-hydrogen) atoms. The number of amides is 1. The Morgan fingerprint density at radius 1 is 1.17 bits per heavy atom. The van der Waals surface area contributed by atoms with Gasteiger partial charge in [0.15, 0.2) is 0 Å². The van der Waals surface area contributed by atoms with E-state index in [1.54, 1.807) is 12.1 Å². The molecule has 1 saturated heterocycles. The number of carbonyl (C=O) groups is 1. The molecule has 2 heterocycles. The molecule has 0 unspecified atom stereocenters. The predicted octanol–water partition coefficient (Wildman–Crippen LogP) is 4.30. The lowest BCUT2D eigenvalue weighted by Crippen LogP contribution is -2.35. The summed E-state index contributed by atoms with van der Waals surface area (Å²) in [7, 11) is -3.68. The number of sulfonamides is 1. The number of halogens is 1. The first-order valence-electron chi connectivity index (χ1n) is 9.57. The van der Waals surface area contributed by atoms with Crippen molar-refractivity contribution in [2.45, 2.75) is 43.4 Å². The third kappa shape index (κ3) is 3.87. The van der Waals surface area contributed by atoms with Crippen LogP contribution >= 0.6 is 27.3 Å². The van der Waals surface area contributed by atoms with Crippen LogP contribution in [0.15, 0.2) is 27.6 Å². The number of hydrogen-bond acceptors (Lipinski definition) is 5. The van der Waals surface area contributed by atoms with Gasteiger partial charge in [-0.25, -0.2) is 8.42 Å². The van der Waals surface area contributed by atoms with Crippen LogP contribution in [0.2, 0.25) is 0 Å². The third-order valence-corrected chi connectivity index (χ3v) is 9.49. The number of nitrogens with one attached hydrogen (secondary N) is 1. The van der Waals surface area contributed by atoms with Crippen molar-refractivity contribution in [3.63, 3.8) is 0 Å². The van der Waals surface area contributed by atoms with Gasteiger partial charge >= 0.3 is 0 Å². The fourth-order valence-corrected chi connectivity index (χ4v) is 7.58. The zero-order chi connectivity index (χ0) is 20.6. The minimum Gasteiger partial charge on any atom is -0.312 e. The van der Waals surface area contributed by atoms with Crippen molar-refractivity contribution in [2.24, 2.45) is 0 Å². The Hall–Kier alpha value is -1.73. The van der Waals surface area contributed by atoms with Crippen molar-refractivity contribution in [1.82, 2.24) is 4.31 Å². The zero-order valence-corrected chi connectivity index (χ0v) is 18.9. The van der Waals surface area contributed by atoms with Gasteiger partial charge in [-0.15, -0.1) is 11.3 Å². The number of nitrogens with zero attached hydrogens (tertiary/aromatic N) is 2. The molecule has 1 amide bonds. The van der Waals surface area contributed by atoms with E-state index < -0.39 is 15.9 Å². The fraction of sp³-hybridized carbons (Fsp3) is 0.400. The highest BCUT2D eigenvalue weighted by Gasteiger charge is 2.29. The van der Waals surface area contributed by atoms with E-state index in [1.807, 2.05) is 0 Å². The van der Waals surface area contributed by atoms with E-state index in [0.29, 0.717) is 28.1 Å². The number of aryl methyl sites for hydroxylation is 1. The molecule has 0 radical (unpaired) electrons. The van der Waals surface area contributed by atoms with Gasteiger partial charge in [-0.05, 0) is 71.8 Å². The van der Waals surface area contributed by atoms with Gasteiger partial charge in [0.2, 0.25) is 10.0 Å². The van der Waals surface area contributed by atoms with E-state index in [0.717, 1.165) is 49.0 Å². The number of nitriles is 1. The number of hydrogen-bond donors (Lipinski definition) is 1. The first-order chi connectivity index (χ1) is 13.9. The molecule has 0 atom stereocenters. The lowest BCUT2D eigenvalue weighted by atomic mass is 10.1. The molecule has 1 aliphatic carbocycles. The van der Waals surface area contributed by atoms with E-state index in [4.69, 9.17) is 0 Å². The molecule has 1 aromatic heterocycles. The van der Waals surface area contributed by atoms with E-state index >= 15 is 0 Å². The van der Waals surface area contributed by atoms with Crippen molar-refractivity contribution in [2.75, 3.05) is 18.4 Å². The van der Waals surface area contributed by atoms with Gasteiger partial charge in [0, 0.05) is 28.0 Å². The summed E-state index contributed by atoms with van der Waals surface area (Å²) < 4.78 is 28.0. The summed E-state index contributed by atoms with van der Waals surface area (Å²) in [5.74, 6) is -0.413. The number of fused-ring (bicyclic) bond motifs is 1. The molecule has 0 bridgehead atoms. The summed E-state index contributed by atoms with van der Waals surface area (Å²) in [5.41, 5.74) is 1.83. The Balaban J connectivity index is 1.62. The average molecular weight is 494 g/mol. The molecule has 152 valence electrons. The molecule has 9 heteroatoms. The molecule has 0 saturated carbocycles. The Morgan fingerprint density at radius 3 is 2.66 bits per heavy atom. The zero-order valence-electron chi connectivity index (χ0n) is 15.7. The smallest absolute Gasteiger partial charge is 0.256 e. The van der Waals surface area contributed by atoms with Gasteiger partial charge in [0.25, 0.3) is 5.91 Å². The summed E-state index contributed by atoms with van der Waals surface area (Å²) >= 11 is 4.76. The molecular formula is C20H20BrN3O3S2. The van der Waals surface area contributed by atoms with Crippen molar-refractivity contribution in [1.29, 1.82) is 5.26 Å². The highest BCUT2D eigenvalue weighted by atomic mass is 79.9. The normalized spacial score (nSPS) is 17.0. The lowest BCUT2D eigenvalue weighted by molar-refractivity contribution is 0.102. The summed E-state index contributed by atoms with van der Waals surface area (Å²) in [6, 6.07) is 6.79. The fourth-order valence-electron chi connectivity index (χ4n) is 3.87. The molecule has 2 aliphatic rings. The molecule has 1 fully saturated rings. The van der Waals surface area contributed by atoms with E-state index in [2.05, 4.69) is 27.3 Å². The number of benzene rings is 1. The maximum Gasteiger partial charge on any atom is 0.256 e. The number of rotatable bonds is 4. The van der Waals surface area contributed by atoms with Crippen molar-refractivity contribution in [3.8, 4) is 6.07 Å². The Labute approximate surface area is 182 Å². The average Bonchev–Trinajstić information content (AvgIpc) is 3.29. The van der Waals surface area contributed by atoms with Crippen molar-refractivity contribution >= 4 is 48.2 Å². The Morgan fingerprint density at radius 2 is 1.93 bits per heavy atom. The summed E-state index contributed by atoms with van der Waals surface area (Å²) in [6.45, 7) is 0.995. The van der Waals surface area contributed by atoms with Crippen LogP contribution in [0.3, 0.4) is 0 Å². The standard InChI is InChI=1S/C20H20BrN3O3S2/c21-16-8-7-13(11-18(16)29(26,27)24-9-2-1-3-10-24)19(25)23-20-15(12-22)14-5-4-6-17(14)28-20/h7-8,11H,1-6,9-10H2,(H,23,25). The van der Waals surface area contributed by atoms with Gasteiger partial charge < -0.3 is 5.32 Å². The van der Waals surface area contributed by atoms with Gasteiger partial charge in [-0.1, -0.05) is 6.42 Å². The highest BCUT2D eigenvalue weighted by molar-refractivity contribution is 9.10. The minimum atomic E-state index is -3.68. The van der Waals surface area contributed by atoms with Crippen LogP contribution in [-0.2, 0) is 22.9 Å². The van der Waals surface area contributed by atoms with Crippen LogP contribution in [-0.4, -0.2) is 31.7 Å². The second-order valence-corrected chi connectivity index (χ2v) is 11.1. The van der Waals surface area contributed by atoms with E-state index in [-0.39, 0.29) is 10.5 Å². The maximum absolute atomic E-state index is 13.1. The van der Waals surface area contributed by atoms with Crippen LogP contribution in [0, 0.1) is 11.3 Å². The molecular weight excluding hydrogens is 474 g/mol. The molecule has 6 nitrogen and oxygen atoms in total. The van der Waals surface area contributed by atoms with Crippen LogP contribution < -0.4 is 5.32 Å². The maximum atomic E-state index is 13.1. The van der Waals surface area contributed by atoms with Gasteiger partial charge in [-0.2, -0.15) is 9.57 Å². The summed E-state index contributed by atoms with van der Waals surface area (Å²) in [4.78, 5) is 14.1. The first-order valence-corrected chi connectivity index (χ1v) is 12.6. The molecule has 1 N–H and O–H groups in total. The van der Waals surface area contributed by atoms with E-state index in [1.165, 1.54) is 21.7 Å². The SMILES string of the molecule is N#Cc1c(NC(=O)c2ccc(Br)c(S(=O)(=O)N3CCCCC3)c2)sc2c1CCC2. The van der Waals surface area contributed by atoms with Gasteiger partial charge in [0.1, 0.15) is 11.1 Å². The number of carbonyl (C=O) groups excluding carboxylic acids is 1. The summed E-state index contributed by atoms with van der Waals surface area (Å²) in [5, 5.41) is 12.9. The van der Waals surface area contributed by atoms with E-state index in [9.17, 15) is 18.5 Å². The van der Waals surface area contributed by atoms with Crippen LogP contribution in [0.5, 0.6) is 0 Å². The van der Waals surface area contributed by atoms with Gasteiger partial charge in [0.05, 0.1) is 10.5 Å². The molecule has 4 rings (SSSR count). The second-order valence-electron chi connectivity index (χ2n) is 7.24. The van der Waals surface area contributed by atoms with Crippen LogP contribution in [0.1, 0.15) is 52.0 Å². The lowest BCUT2D eigenvalue weighted by Gasteiger charge is -2.26. The number of piperidine rings is 1. The summed E-state index contributed by atoms with van der Waals surface area (Å²) in [6.07, 6.45) is 5.55. The Kier molecular flexibility index (Phi) is 5.80. The largest absolute Gasteiger partial charge is 0.312 e. The van der Waals surface area contributed by atoms with Crippen LogP contribution in [0.4, 0.5) is 5.00 Å². The van der Waals surface area contributed by atoms with Crippen molar-refractivity contribution in [3.05, 3.63) is 44.2 Å². The minimum absolute atomic E-state index is 0.0984.